The normalized spacial score (nSPS) is 15.1. The molecule has 1 aliphatic rings. The molecule has 0 spiro atoms. The summed E-state index contributed by atoms with van der Waals surface area (Å²) in [7, 11) is -1.54. The van der Waals surface area contributed by atoms with Crippen molar-refractivity contribution >= 4 is 33.4 Å². The van der Waals surface area contributed by atoms with E-state index in [0.29, 0.717) is 11.0 Å². The zero-order valence-corrected chi connectivity index (χ0v) is 16.9. The Morgan fingerprint density at radius 2 is 1.85 bits per heavy atom. The monoisotopic (exact) mass is 417 g/mol. The van der Waals surface area contributed by atoms with Gasteiger partial charge in [0.05, 0.1) is 12.1 Å². The highest BCUT2D eigenvalue weighted by Gasteiger charge is 2.25. The molecule has 2 amide bonds. The summed E-state index contributed by atoms with van der Waals surface area (Å²) in [5.41, 5.74) is 0.143. The molecule has 0 bridgehead atoms. The lowest BCUT2D eigenvalue weighted by atomic mass is 10.1. The molecule has 0 aromatic heterocycles. The Morgan fingerprint density at radius 1 is 1.22 bits per heavy atom. The predicted molar refractivity (Wildman–Crippen MR) is 101 cm³/mol. The van der Waals surface area contributed by atoms with Gasteiger partial charge in [0.25, 0.3) is 15.9 Å². The Bertz CT molecular complexity index is 794. The minimum absolute atomic E-state index is 0.0146. The van der Waals surface area contributed by atoms with E-state index in [4.69, 9.17) is 16.4 Å². The van der Waals surface area contributed by atoms with E-state index < -0.39 is 15.9 Å². The van der Waals surface area contributed by atoms with Gasteiger partial charge in [-0.05, 0) is 31.0 Å². The summed E-state index contributed by atoms with van der Waals surface area (Å²) < 4.78 is 25.4. The lowest BCUT2D eigenvalue weighted by molar-refractivity contribution is -0.124. The van der Waals surface area contributed by atoms with Crippen LogP contribution in [0.15, 0.2) is 23.1 Å². The van der Waals surface area contributed by atoms with Crippen LogP contribution in [0.1, 0.15) is 36.0 Å². The van der Waals surface area contributed by atoms with Crippen LogP contribution in [0.5, 0.6) is 0 Å². The predicted octanol–water partition coefficient (Wildman–Crippen LogP) is 1.56. The molecule has 0 unspecified atom stereocenters. The molecule has 1 fully saturated rings. The number of hydroxylamine groups is 1. The van der Waals surface area contributed by atoms with Crippen molar-refractivity contribution in [3.8, 4) is 0 Å². The van der Waals surface area contributed by atoms with E-state index in [2.05, 4.69) is 10.6 Å². The SMILES string of the molecule is CON(C)S(=O)(=O)c1cc(C(=O)NCCNC(=O)C2CCCC2)ccc1Cl. The van der Waals surface area contributed by atoms with Gasteiger partial charge in [-0.15, -0.1) is 0 Å². The fourth-order valence-corrected chi connectivity index (χ4v) is 4.35. The van der Waals surface area contributed by atoms with Crippen LogP contribution in [0.25, 0.3) is 0 Å². The highest BCUT2D eigenvalue weighted by molar-refractivity contribution is 7.89. The van der Waals surface area contributed by atoms with Gasteiger partial charge in [0.2, 0.25) is 5.91 Å². The minimum Gasteiger partial charge on any atom is -0.354 e. The summed E-state index contributed by atoms with van der Waals surface area (Å²) >= 11 is 5.97. The van der Waals surface area contributed by atoms with Crippen LogP contribution in [0.2, 0.25) is 5.02 Å². The molecule has 0 atom stereocenters. The van der Waals surface area contributed by atoms with Crippen molar-refractivity contribution in [2.75, 3.05) is 27.2 Å². The third-order valence-electron chi connectivity index (χ3n) is 4.50. The summed E-state index contributed by atoms with van der Waals surface area (Å²) in [5.74, 6) is -0.370. The Hall–Kier alpha value is -1.68. The van der Waals surface area contributed by atoms with Crippen molar-refractivity contribution in [3.05, 3.63) is 28.8 Å². The van der Waals surface area contributed by atoms with Crippen LogP contribution >= 0.6 is 11.6 Å². The maximum atomic E-state index is 12.4. The van der Waals surface area contributed by atoms with Crippen molar-refractivity contribution in [1.82, 2.24) is 15.1 Å². The molecule has 1 saturated carbocycles. The van der Waals surface area contributed by atoms with Gasteiger partial charge in [-0.25, -0.2) is 8.42 Å². The Kier molecular flexibility index (Phi) is 7.60. The van der Waals surface area contributed by atoms with Gasteiger partial charge in [-0.3, -0.25) is 14.4 Å². The number of hydrogen-bond donors (Lipinski definition) is 2. The second-order valence-corrected chi connectivity index (χ2v) is 8.58. The van der Waals surface area contributed by atoms with Crippen molar-refractivity contribution in [2.45, 2.75) is 30.6 Å². The summed E-state index contributed by atoms with van der Waals surface area (Å²) in [6.45, 7) is 0.548. The maximum absolute atomic E-state index is 12.4. The van der Waals surface area contributed by atoms with Crippen molar-refractivity contribution in [1.29, 1.82) is 0 Å². The average molecular weight is 418 g/mol. The Balaban J connectivity index is 1.94. The molecule has 1 aromatic rings. The number of carbonyl (C=O) groups excluding carboxylic acids is 2. The number of hydrogen-bond acceptors (Lipinski definition) is 5. The molecule has 0 aliphatic heterocycles. The van der Waals surface area contributed by atoms with Gasteiger partial charge >= 0.3 is 0 Å². The first-order valence-electron chi connectivity index (χ1n) is 8.66. The van der Waals surface area contributed by atoms with Crippen LogP contribution < -0.4 is 10.6 Å². The van der Waals surface area contributed by atoms with Gasteiger partial charge in [0.1, 0.15) is 4.90 Å². The number of benzene rings is 1. The van der Waals surface area contributed by atoms with Crippen molar-refractivity contribution in [3.63, 3.8) is 0 Å². The number of amides is 2. The molecule has 8 nitrogen and oxygen atoms in total. The van der Waals surface area contributed by atoms with Crippen LogP contribution in [0.4, 0.5) is 0 Å². The lowest BCUT2D eigenvalue weighted by Crippen LogP contribution is -2.37. The molecule has 1 aromatic carbocycles. The standard InChI is InChI=1S/C17H24ClN3O5S/c1-21(26-2)27(24,25)15-11-13(7-8-14(15)18)17(23)20-10-9-19-16(22)12-5-3-4-6-12/h7-8,11-12H,3-6,9-10H2,1-2H3,(H,19,22)(H,20,23). The van der Waals surface area contributed by atoms with E-state index in [9.17, 15) is 18.0 Å². The highest BCUT2D eigenvalue weighted by atomic mass is 35.5. The first-order chi connectivity index (χ1) is 12.8. The molecule has 10 heteroatoms. The molecule has 150 valence electrons. The molecule has 2 rings (SSSR count). The largest absolute Gasteiger partial charge is 0.354 e. The molecule has 27 heavy (non-hydrogen) atoms. The van der Waals surface area contributed by atoms with E-state index in [1.165, 1.54) is 32.4 Å². The Morgan fingerprint density at radius 3 is 2.48 bits per heavy atom. The van der Waals surface area contributed by atoms with Crippen molar-refractivity contribution in [2.24, 2.45) is 5.92 Å². The molecule has 0 saturated heterocycles. The molecular weight excluding hydrogens is 394 g/mol. The van der Waals surface area contributed by atoms with E-state index in [1.807, 2.05) is 0 Å². The fourth-order valence-electron chi connectivity index (χ4n) is 2.88. The first-order valence-corrected chi connectivity index (χ1v) is 10.5. The van der Waals surface area contributed by atoms with Gasteiger partial charge < -0.3 is 10.6 Å². The van der Waals surface area contributed by atoms with Gasteiger partial charge in [0, 0.05) is 31.6 Å². The maximum Gasteiger partial charge on any atom is 0.266 e. The smallest absolute Gasteiger partial charge is 0.266 e. The topological polar surface area (TPSA) is 105 Å². The molecule has 0 radical (unpaired) electrons. The zero-order chi connectivity index (χ0) is 20.0. The summed E-state index contributed by atoms with van der Waals surface area (Å²) in [6, 6.07) is 3.97. The highest BCUT2D eigenvalue weighted by Crippen LogP contribution is 2.26. The number of nitrogens with zero attached hydrogens (tertiary/aromatic N) is 1. The van der Waals surface area contributed by atoms with Crippen molar-refractivity contribution < 1.29 is 22.8 Å². The third kappa shape index (κ3) is 5.41. The summed E-state index contributed by atoms with van der Waals surface area (Å²) in [4.78, 5) is 28.7. The summed E-state index contributed by atoms with van der Waals surface area (Å²) in [6.07, 6.45) is 3.98. The van der Waals surface area contributed by atoms with Gasteiger partial charge in [-0.2, -0.15) is 0 Å². The second kappa shape index (κ2) is 9.50. The Labute approximate surface area is 164 Å². The summed E-state index contributed by atoms with van der Waals surface area (Å²) in [5, 5.41) is 5.44. The average Bonchev–Trinajstić information content (AvgIpc) is 3.19. The molecule has 2 N–H and O–H groups in total. The van der Waals surface area contributed by atoms with E-state index in [0.717, 1.165) is 25.7 Å². The number of rotatable bonds is 8. The lowest BCUT2D eigenvalue weighted by Gasteiger charge is -2.16. The van der Waals surface area contributed by atoms with Crippen LogP contribution in [0.3, 0.4) is 0 Å². The molecule has 0 heterocycles. The molecular formula is C17H24ClN3O5S. The number of carbonyl (C=O) groups is 2. The molecule has 1 aliphatic carbocycles. The number of halogens is 1. The van der Waals surface area contributed by atoms with E-state index >= 15 is 0 Å². The third-order valence-corrected chi connectivity index (χ3v) is 6.66. The van der Waals surface area contributed by atoms with E-state index in [1.54, 1.807) is 0 Å². The van der Waals surface area contributed by atoms with Gasteiger partial charge in [-0.1, -0.05) is 28.9 Å². The van der Waals surface area contributed by atoms with Crippen LogP contribution in [-0.4, -0.2) is 51.9 Å². The fraction of sp³-hybridized carbons (Fsp3) is 0.529. The quantitative estimate of drug-likeness (QED) is 0.493. The zero-order valence-electron chi connectivity index (χ0n) is 15.3. The number of sulfonamides is 1. The van der Waals surface area contributed by atoms with Gasteiger partial charge in [0.15, 0.2) is 0 Å². The van der Waals surface area contributed by atoms with Crippen LogP contribution in [-0.2, 0) is 19.7 Å². The number of nitrogens with one attached hydrogen (secondary N) is 2. The second-order valence-electron chi connectivity index (χ2n) is 6.27. The van der Waals surface area contributed by atoms with E-state index in [-0.39, 0.29) is 33.9 Å². The minimum atomic E-state index is -3.98. The van der Waals surface area contributed by atoms with Crippen LogP contribution in [0, 0.1) is 5.92 Å². The first kappa shape index (κ1) is 21.6.